The predicted molar refractivity (Wildman–Crippen MR) is 133 cm³/mol. The Hall–Kier alpha value is -3.20. The van der Waals surface area contributed by atoms with Crippen LogP contribution in [0, 0.1) is 6.92 Å². The van der Waals surface area contributed by atoms with Gasteiger partial charge in [0.1, 0.15) is 6.61 Å². The van der Waals surface area contributed by atoms with E-state index in [4.69, 9.17) is 8.92 Å². The average molecular weight is 495 g/mol. The van der Waals surface area contributed by atoms with E-state index in [-0.39, 0.29) is 30.2 Å². The van der Waals surface area contributed by atoms with E-state index in [0.29, 0.717) is 19.5 Å². The smallest absolute Gasteiger partial charge is 0.407 e. The molecular formula is C27H30N2O5S. The number of amides is 1. The van der Waals surface area contributed by atoms with Gasteiger partial charge < -0.3 is 10.1 Å². The van der Waals surface area contributed by atoms with Crippen molar-refractivity contribution in [3.8, 4) is 0 Å². The van der Waals surface area contributed by atoms with Gasteiger partial charge in [0.2, 0.25) is 0 Å². The van der Waals surface area contributed by atoms with Crippen LogP contribution in [0.2, 0.25) is 0 Å². The van der Waals surface area contributed by atoms with Crippen molar-refractivity contribution in [1.82, 2.24) is 10.2 Å². The van der Waals surface area contributed by atoms with E-state index in [2.05, 4.69) is 10.2 Å². The van der Waals surface area contributed by atoms with Crippen molar-refractivity contribution in [1.29, 1.82) is 0 Å². The maximum atomic E-state index is 12.7. The van der Waals surface area contributed by atoms with Crippen molar-refractivity contribution in [2.24, 2.45) is 0 Å². The molecule has 7 nitrogen and oxygen atoms in total. The number of hydrogen-bond acceptors (Lipinski definition) is 6. The molecule has 184 valence electrons. The molecule has 3 aromatic rings. The van der Waals surface area contributed by atoms with Crippen LogP contribution in [0.15, 0.2) is 89.8 Å². The van der Waals surface area contributed by atoms with Gasteiger partial charge in [0.15, 0.2) is 0 Å². The summed E-state index contributed by atoms with van der Waals surface area (Å²) in [6, 6.07) is 25.6. The van der Waals surface area contributed by atoms with Crippen molar-refractivity contribution < 1.29 is 22.1 Å². The molecular weight excluding hydrogens is 464 g/mol. The Morgan fingerprint density at radius 3 is 2.23 bits per heavy atom. The third-order valence-corrected chi connectivity index (χ3v) is 7.31. The Kier molecular flexibility index (Phi) is 8.17. The van der Waals surface area contributed by atoms with Crippen LogP contribution in [0.1, 0.15) is 23.1 Å². The number of carbonyl (C=O) groups excluding carboxylic acids is 1. The summed E-state index contributed by atoms with van der Waals surface area (Å²) in [5, 5.41) is 2.92. The van der Waals surface area contributed by atoms with Gasteiger partial charge in [0.05, 0.1) is 11.5 Å². The van der Waals surface area contributed by atoms with E-state index in [1.807, 2.05) is 67.6 Å². The lowest BCUT2D eigenvalue weighted by molar-refractivity contribution is 0.135. The highest BCUT2D eigenvalue weighted by Gasteiger charge is 2.34. The molecule has 4 rings (SSSR count). The second kappa shape index (κ2) is 11.5. The molecule has 0 unspecified atom stereocenters. The van der Waals surface area contributed by atoms with E-state index >= 15 is 0 Å². The highest BCUT2D eigenvalue weighted by Crippen LogP contribution is 2.23. The lowest BCUT2D eigenvalue weighted by Crippen LogP contribution is -2.37. The molecule has 1 N–H and O–H groups in total. The normalized spacial score (nSPS) is 18.3. The van der Waals surface area contributed by atoms with Gasteiger partial charge in [0, 0.05) is 25.2 Å². The Labute approximate surface area is 206 Å². The number of nitrogens with zero attached hydrogens (tertiary/aromatic N) is 1. The number of aryl methyl sites for hydroxylation is 1. The van der Waals surface area contributed by atoms with Gasteiger partial charge in [0.25, 0.3) is 10.1 Å². The van der Waals surface area contributed by atoms with Crippen LogP contribution in [-0.2, 0) is 32.2 Å². The molecule has 1 heterocycles. The fraction of sp³-hybridized carbons (Fsp3) is 0.296. The monoisotopic (exact) mass is 494 g/mol. The standard InChI is InChI=1S/C27H30N2O5S/c1-21-12-14-26(15-13-21)35(31,32)34-20-25-16-24(18-29(25)17-22-8-4-2-5-9-22)28-27(30)33-19-23-10-6-3-7-11-23/h2-15,24-25H,16-20H2,1H3,(H,28,30)/t24-,25-/m0/s1. The lowest BCUT2D eigenvalue weighted by atomic mass is 10.1. The summed E-state index contributed by atoms with van der Waals surface area (Å²) in [5.74, 6) is 0. The highest BCUT2D eigenvalue weighted by atomic mass is 32.2. The number of rotatable bonds is 9. The first-order valence-electron chi connectivity index (χ1n) is 11.6. The molecule has 35 heavy (non-hydrogen) atoms. The molecule has 1 amide bonds. The van der Waals surface area contributed by atoms with E-state index in [0.717, 1.165) is 16.7 Å². The van der Waals surface area contributed by atoms with E-state index in [1.54, 1.807) is 24.3 Å². The van der Waals surface area contributed by atoms with Crippen LogP contribution in [0.3, 0.4) is 0 Å². The fourth-order valence-electron chi connectivity index (χ4n) is 4.15. The van der Waals surface area contributed by atoms with Gasteiger partial charge in [-0.2, -0.15) is 8.42 Å². The molecule has 1 aliphatic rings. The first-order chi connectivity index (χ1) is 16.9. The minimum atomic E-state index is -3.88. The number of hydrogen-bond donors (Lipinski definition) is 1. The van der Waals surface area contributed by atoms with Crippen LogP contribution in [-0.4, -0.2) is 44.6 Å². The van der Waals surface area contributed by atoms with Crippen molar-refractivity contribution >= 4 is 16.2 Å². The molecule has 0 aromatic heterocycles. The van der Waals surface area contributed by atoms with Crippen LogP contribution in [0.5, 0.6) is 0 Å². The van der Waals surface area contributed by atoms with Gasteiger partial charge in [-0.15, -0.1) is 0 Å². The number of benzene rings is 3. The summed E-state index contributed by atoms with van der Waals surface area (Å²) in [5.41, 5.74) is 2.99. The summed E-state index contributed by atoms with van der Waals surface area (Å²) in [4.78, 5) is 14.7. The average Bonchev–Trinajstić information content (AvgIpc) is 3.24. The zero-order chi connectivity index (χ0) is 24.7. The number of nitrogens with one attached hydrogen (secondary N) is 1. The third-order valence-electron chi connectivity index (χ3n) is 6.02. The second-order valence-electron chi connectivity index (χ2n) is 8.76. The van der Waals surface area contributed by atoms with Crippen LogP contribution in [0.4, 0.5) is 4.79 Å². The third kappa shape index (κ3) is 7.14. The summed E-state index contributed by atoms with van der Waals surface area (Å²) < 4.78 is 36.2. The molecule has 3 aromatic carbocycles. The first-order valence-corrected chi connectivity index (χ1v) is 13.0. The molecule has 0 radical (unpaired) electrons. The summed E-state index contributed by atoms with van der Waals surface area (Å²) in [6.45, 7) is 3.27. The maximum Gasteiger partial charge on any atom is 0.407 e. The maximum absolute atomic E-state index is 12.7. The summed E-state index contributed by atoms with van der Waals surface area (Å²) in [7, 11) is -3.88. The fourth-order valence-corrected chi connectivity index (χ4v) is 5.09. The quantitative estimate of drug-likeness (QED) is 0.447. The zero-order valence-corrected chi connectivity index (χ0v) is 20.5. The molecule has 1 aliphatic heterocycles. The molecule has 1 saturated heterocycles. The molecule has 8 heteroatoms. The minimum Gasteiger partial charge on any atom is -0.445 e. The van der Waals surface area contributed by atoms with Crippen LogP contribution >= 0.6 is 0 Å². The van der Waals surface area contributed by atoms with E-state index < -0.39 is 16.2 Å². The zero-order valence-electron chi connectivity index (χ0n) is 19.7. The molecule has 0 bridgehead atoms. The van der Waals surface area contributed by atoms with Gasteiger partial charge in [-0.1, -0.05) is 78.4 Å². The lowest BCUT2D eigenvalue weighted by Gasteiger charge is -2.24. The number of ether oxygens (including phenoxy) is 1. The molecule has 0 saturated carbocycles. The Bertz CT molecular complexity index is 1200. The van der Waals surface area contributed by atoms with Crippen LogP contribution in [0.25, 0.3) is 0 Å². The minimum absolute atomic E-state index is 0.000284. The van der Waals surface area contributed by atoms with Crippen LogP contribution < -0.4 is 5.32 Å². The van der Waals surface area contributed by atoms with Crippen molar-refractivity contribution in [3.63, 3.8) is 0 Å². The predicted octanol–water partition coefficient (Wildman–Crippen LogP) is 4.27. The summed E-state index contributed by atoms with van der Waals surface area (Å²) >= 11 is 0. The van der Waals surface area contributed by atoms with Crippen molar-refractivity contribution in [3.05, 3.63) is 102 Å². The van der Waals surface area contributed by atoms with Gasteiger partial charge in [-0.25, -0.2) is 4.79 Å². The number of likely N-dealkylation sites (tertiary alicyclic amines) is 1. The Morgan fingerprint density at radius 1 is 0.943 bits per heavy atom. The topological polar surface area (TPSA) is 84.9 Å². The number of carbonyl (C=O) groups is 1. The van der Waals surface area contributed by atoms with E-state index in [9.17, 15) is 13.2 Å². The van der Waals surface area contributed by atoms with Gasteiger partial charge in [-0.05, 0) is 36.6 Å². The SMILES string of the molecule is Cc1ccc(S(=O)(=O)OC[C@@H]2C[C@H](NC(=O)OCc3ccccc3)CN2Cc2ccccc2)cc1. The van der Waals surface area contributed by atoms with Crippen molar-refractivity contribution in [2.75, 3.05) is 13.2 Å². The molecule has 0 aliphatic carbocycles. The highest BCUT2D eigenvalue weighted by molar-refractivity contribution is 7.86. The van der Waals surface area contributed by atoms with Gasteiger partial charge in [-0.3, -0.25) is 9.08 Å². The van der Waals surface area contributed by atoms with Crippen molar-refractivity contribution in [2.45, 2.75) is 43.5 Å². The second-order valence-corrected chi connectivity index (χ2v) is 10.4. The Balaban J connectivity index is 1.38. The van der Waals surface area contributed by atoms with Gasteiger partial charge >= 0.3 is 6.09 Å². The largest absolute Gasteiger partial charge is 0.445 e. The molecule has 1 fully saturated rings. The first kappa shape index (κ1) is 24.9. The number of alkyl carbamates (subject to hydrolysis) is 1. The summed E-state index contributed by atoms with van der Waals surface area (Å²) in [6.07, 6.45) is 0.0591. The van der Waals surface area contributed by atoms with E-state index in [1.165, 1.54) is 0 Å². The molecule has 2 atom stereocenters. The molecule has 0 spiro atoms. The Morgan fingerprint density at radius 2 is 1.57 bits per heavy atom.